The third-order valence-corrected chi connectivity index (χ3v) is 4.02. The van der Waals surface area contributed by atoms with Gasteiger partial charge in [-0.2, -0.15) is 13.2 Å². The van der Waals surface area contributed by atoms with Crippen LogP contribution in [-0.2, 0) is 17.4 Å². The van der Waals surface area contributed by atoms with Crippen LogP contribution in [0.25, 0.3) is 0 Å². The molecule has 26 heavy (non-hydrogen) atoms. The Kier molecular flexibility index (Phi) is 6.13. The van der Waals surface area contributed by atoms with E-state index < -0.39 is 17.5 Å². The Morgan fingerprint density at radius 3 is 2.38 bits per heavy atom. The van der Waals surface area contributed by atoms with Crippen molar-refractivity contribution >= 4 is 29.0 Å². The Morgan fingerprint density at radius 2 is 1.85 bits per heavy atom. The van der Waals surface area contributed by atoms with E-state index in [0.29, 0.717) is 5.56 Å². The molecule has 0 aliphatic carbocycles. The van der Waals surface area contributed by atoms with E-state index in [1.165, 1.54) is 19.1 Å². The molecule has 0 aliphatic rings. The number of Topliss-reactive ketones (excluding diaryl/α,β-unsaturated/α-hetero) is 1. The summed E-state index contributed by atoms with van der Waals surface area (Å²) in [6.45, 7) is 4.97. The minimum absolute atomic E-state index is 0.0316. The number of carbonyl (C=O) groups excluding carboxylic acids is 1. The first kappa shape index (κ1) is 20.5. The molecular formula is C17H15Cl2F3N2O2. The Labute approximate surface area is 158 Å². The number of ketones is 1. The summed E-state index contributed by atoms with van der Waals surface area (Å²) in [7, 11) is 0. The van der Waals surface area contributed by atoms with Gasteiger partial charge >= 0.3 is 6.18 Å². The van der Waals surface area contributed by atoms with Gasteiger partial charge in [0.25, 0.3) is 0 Å². The largest absolute Gasteiger partial charge is 0.435 e. The third kappa shape index (κ3) is 4.86. The van der Waals surface area contributed by atoms with E-state index in [1.54, 1.807) is 0 Å². The molecule has 1 heterocycles. The van der Waals surface area contributed by atoms with E-state index in [1.807, 2.05) is 13.8 Å². The van der Waals surface area contributed by atoms with E-state index in [2.05, 4.69) is 10.2 Å². The van der Waals surface area contributed by atoms with Crippen LogP contribution in [0.2, 0.25) is 10.2 Å². The minimum Gasteiger partial charge on any atom is -0.435 e. The smallest absolute Gasteiger partial charge is 0.420 e. The second-order valence-electron chi connectivity index (χ2n) is 6.02. The SMILES string of the molecule is CC(=O)Cc1cc(Cl)c(Oc2cc(C(C)C)c(Cl)nn2)c(C(F)(F)F)c1. The fourth-order valence-corrected chi connectivity index (χ4v) is 2.88. The van der Waals surface area contributed by atoms with E-state index in [9.17, 15) is 18.0 Å². The molecule has 140 valence electrons. The molecule has 4 nitrogen and oxygen atoms in total. The number of benzene rings is 1. The standard InChI is InChI=1S/C17H15Cl2F3N2O2/c1-8(2)11-7-14(23-24-16(11)19)26-15-12(17(20,21)22)5-10(4-9(3)25)6-13(15)18/h5-8H,4H2,1-3H3. The van der Waals surface area contributed by atoms with Crippen molar-refractivity contribution in [2.24, 2.45) is 0 Å². The average molecular weight is 407 g/mol. The predicted molar refractivity (Wildman–Crippen MR) is 92.0 cm³/mol. The first-order valence-electron chi connectivity index (χ1n) is 7.59. The van der Waals surface area contributed by atoms with E-state index >= 15 is 0 Å². The average Bonchev–Trinajstić information content (AvgIpc) is 2.49. The van der Waals surface area contributed by atoms with Crippen LogP contribution in [0, 0.1) is 0 Å². The molecular weight excluding hydrogens is 392 g/mol. The van der Waals surface area contributed by atoms with Crippen molar-refractivity contribution in [2.45, 2.75) is 39.3 Å². The van der Waals surface area contributed by atoms with Gasteiger partial charge in [-0.05, 0) is 36.1 Å². The first-order valence-corrected chi connectivity index (χ1v) is 8.34. The lowest BCUT2D eigenvalue weighted by Crippen LogP contribution is -2.10. The Balaban J connectivity index is 2.52. The van der Waals surface area contributed by atoms with Gasteiger partial charge in [0.15, 0.2) is 10.9 Å². The van der Waals surface area contributed by atoms with Gasteiger partial charge in [0.1, 0.15) is 11.3 Å². The molecule has 0 unspecified atom stereocenters. The highest BCUT2D eigenvalue weighted by Gasteiger charge is 2.36. The van der Waals surface area contributed by atoms with Gasteiger partial charge in [-0.3, -0.25) is 4.79 Å². The summed E-state index contributed by atoms with van der Waals surface area (Å²) >= 11 is 11.9. The lowest BCUT2D eigenvalue weighted by molar-refractivity contribution is -0.138. The van der Waals surface area contributed by atoms with E-state index in [4.69, 9.17) is 27.9 Å². The molecule has 0 N–H and O–H groups in total. The Bertz CT molecular complexity index is 839. The molecule has 2 rings (SSSR count). The summed E-state index contributed by atoms with van der Waals surface area (Å²) in [5, 5.41) is 7.23. The number of hydrogen-bond acceptors (Lipinski definition) is 4. The van der Waals surface area contributed by atoms with Crippen LogP contribution in [-0.4, -0.2) is 16.0 Å². The quantitative estimate of drug-likeness (QED) is 0.624. The Morgan fingerprint density at radius 1 is 1.19 bits per heavy atom. The summed E-state index contributed by atoms with van der Waals surface area (Å²) in [6.07, 6.45) is -4.90. The summed E-state index contributed by atoms with van der Waals surface area (Å²) in [6, 6.07) is 3.52. The van der Waals surface area contributed by atoms with Crippen LogP contribution >= 0.6 is 23.2 Å². The first-order chi connectivity index (χ1) is 12.0. The van der Waals surface area contributed by atoms with Crippen LogP contribution in [0.15, 0.2) is 18.2 Å². The van der Waals surface area contributed by atoms with Crippen LogP contribution in [0.5, 0.6) is 11.6 Å². The summed E-state index contributed by atoms with van der Waals surface area (Å²) in [5.41, 5.74) is -0.370. The lowest BCUT2D eigenvalue weighted by atomic mass is 10.0. The third-order valence-electron chi connectivity index (χ3n) is 3.44. The van der Waals surface area contributed by atoms with Gasteiger partial charge in [0, 0.05) is 12.5 Å². The molecule has 0 fully saturated rings. The van der Waals surface area contributed by atoms with Crippen molar-refractivity contribution in [3.05, 3.63) is 45.1 Å². The van der Waals surface area contributed by atoms with Crippen molar-refractivity contribution in [1.82, 2.24) is 10.2 Å². The number of aromatic nitrogens is 2. The molecule has 1 aromatic heterocycles. The van der Waals surface area contributed by atoms with Crippen LogP contribution < -0.4 is 4.74 Å². The van der Waals surface area contributed by atoms with Crippen molar-refractivity contribution in [1.29, 1.82) is 0 Å². The van der Waals surface area contributed by atoms with E-state index in [-0.39, 0.29) is 39.7 Å². The van der Waals surface area contributed by atoms with Crippen LogP contribution in [0.4, 0.5) is 13.2 Å². The molecule has 0 spiro atoms. The highest BCUT2D eigenvalue weighted by molar-refractivity contribution is 6.32. The maximum atomic E-state index is 13.4. The van der Waals surface area contributed by atoms with Crippen molar-refractivity contribution < 1.29 is 22.7 Å². The normalized spacial score (nSPS) is 11.7. The number of halogens is 5. The fraction of sp³-hybridized carbons (Fsp3) is 0.353. The topological polar surface area (TPSA) is 52.1 Å². The van der Waals surface area contributed by atoms with Gasteiger partial charge in [0.2, 0.25) is 5.88 Å². The molecule has 0 atom stereocenters. The zero-order chi connectivity index (χ0) is 19.6. The van der Waals surface area contributed by atoms with Gasteiger partial charge in [-0.15, -0.1) is 10.2 Å². The van der Waals surface area contributed by atoms with Crippen molar-refractivity contribution in [2.75, 3.05) is 0 Å². The fourth-order valence-electron chi connectivity index (χ4n) is 2.29. The molecule has 0 saturated carbocycles. The number of alkyl halides is 3. The monoisotopic (exact) mass is 406 g/mol. The highest BCUT2D eigenvalue weighted by Crippen LogP contribution is 2.43. The summed E-state index contributed by atoms with van der Waals surface area (Å²) < 4.78 is 45.6. The molecule has 0 aliphatic heterocycles. The van der Waals surface area contributed by atoms with Gasteiger partial charge in [-0.1, -0.05) is 37.0 Å². The molecule has 2 aromatic rings. The van der Waals surface area contributed by atoms with Crippen molar-refractivity contribution in [3.8, 4) is 11.6 Å². The lowest BCUT2D eigenvalue weighted by Gasteiger charge is -2.17. The molecule has 0 bridgehead atoms. The van der Waals surface area contributed by atoms with Gasteiger partial charge < -0.3 is 4.74 Å². The predicted octanol–water partition coefficient (Wildman–Crippen LogP) is 5.85. The van der Waals surface area contributed by atoms with Crippen LogP contribution in [0.1, 0.15) is 43.4 Å². The Hall–Kier alpha value is -1.86. The maximum absolute atomic E-state index is 13.4. The second-order valence-corrected chi connectivity index (χ2v) is 6.78. The number of hydrogen-bond donors (Lipinski definition) is 0. The molecule has 0 radical (unpaired) electrons. The summed E-state index contributed by atoms with van der Waals surface area (Å²) in [5.74, 6) is -1.08. The van der Waals surface area contributed by atoms with Crippen molar-refractivity contribution in [3.63, 3.8) is 0 Å². The summed E-state index contributed by atoms with van der Waals surface area (Å²) in [4.78, 5) is 11.2. The zero-order valence-electron chi connectivity index (χ0n) is 14.1. The molecule has 9 heteroatoms. The van der Waals surface area contributed by atoms with E-state index in [0.717, 1.165) is 6.07 Å². The molecule has 1 aromatic carbocycles. The highest BCUT2D eigenvalue weighted by atomic mass is 35.5. The molecule has 0 amide bonds. The number of rotatable bonds is 5. The number of ether oxygens (including phenoxy) is 1. The maximum Gasteiger partial charge on any atom is 0.420 e. The second kappa shape index (κ2) is 7.80. The van der Waals surface area contributed by atoms with Gasteiger partial charge in [-0.25, -0.2) is 0 Å². The van der Waals surface area contributed by atoms with Crippen LogP contribution in [0.3, 0.4) is 0 Å². The molecule has 0 saturated heterocycles. The number of nitrogens with zero attached hydrogens (tertiary/aromatic N) is 2. The van der Waals surface area contributed by atoms with Gasteiger partial charge in [0.05, 0.1) is 5.02 Å². The zero-order valence-corrected chi connectivity index (χ0v) is 15.6. The minimum atomic E-state index is -4.73. The number of carbonyl (C=O) groups is 1.